The summed E-state index contributed by atoms with van der Waals surface area (Å²) in [5.74, 6) is 1.26. The van der Waals surface area contributed by atoms with Gasteiger partial charge >= 0.3 is 0 Å². The molecular formula is C18H28ClNO. The molecule has 1 rings (SSSR count). The van der Waals surface area contributed by atoms with Crippen molar-refractivity contribution in [1.29, 1.82) is 0 Å². The molecule has 1 amide bonds. The SMILES string of the molecule is CCC(C)C(C(=O)N(C)CCCCCCl)c1ccccc1. The molecule has 0 aliphatic heterocycles. The van der Waals surface area contributed by atoms with Crippen LogP contribution in [0.5, 0.6) is 0 Å². The maximum atomic E-state index is 12.8. The van der Waals surface area contributed by atoms with Gasteiger partial charge in [-0.1, -0.05) is 57.0 Å². The molecule has 0 fully saturated rings. The van der Waals surface area contributed by atoms with Gasteiger partial charge in [-0.2, -0.15) is 0 Å². The highest BCUT2D eigenvalue weighted by Crippen LogP contribution is 2.28. The van der Waals surface area contributed by atoms with Crippen molar-refractivity contribution in [2.75, 3.05) is 19.5 Å². The summed E-state index contributed by atoms with van der Waals surface area (Å²) in [5.41, 5.74) is 1.13. The lowest BCUT2D eigenvalue weighted by Gasteiger charge is -2.28. The van der Waals surface area contributed by atoms with Crippen molar-refractivity contribution in [2.24, 2.45) is 5.92 Å². The molecule has 0 saturated heterocycles. The van der Waals surface area contributed by atoms with Crippen LogP contribution < -0.4 is 0 Å². The molecule has 2 atom stereocenters. The first-order chi connectivity index (χ1) is 10.1. The Bertz CT molecular complexity index is 407. The molecule has 2 unspecified atom stereocenters. The van der Waals surface area contributed by atoms with Gasteiger partial charge in [0.25, 0.3) is 0 Å². The van der Waals surface area contributed by atoms with Crippen molar-refractivity contribution in [2.45, 2.75) is 45.4 Å². The van der Waals surface area contributed by atoms with E-state index in [-0.39, 0.29) is 11.8 Å². The van der Waals surface area contributed by atoms with E-state index in [2.05, 4.69) is 26.0 Å². The van der Waals surface area contributed by atoms with Crippen LogP contribution in [0.2, 0.25) is 0 Å². The zero-order valence-corrected chi connectivity index (χ0v) is 14.3. The Labute approximate surface area is 134 Å². The molecular weight excluding hydrogens is 282 g/mol. The smallest absolute Gasteiger partial charge is 0.230 e. The molecule has 0 heterocycles. The van der Waals surface area contributed by atoms with Gasteiger partial charge in [-0.25, -0.2) is 0 Å². The lowest BCUT2D eigenvalue weighted by molar-refractivity contribution is -0.132. The molecule has 0 spiro atoms. The number of unbranched alkanes of at least 4 members (excludes halogenated alkanes) is 2. The van der Waals surface area contributed by atoms with Crippen molar-refractivity contribution in [3.05, 3.63) is 35.9 Å². The predicted octanol–water partition coefficient (Wildman–Crippen LogP) is 4.68. The number of halogens is 1. The van der Waals surface area contributed by atoms with Crippen molar-refractivity contribution in [3.8, 4) is 0 Å². The minimum atomic E-state index is -0.0331. The second-order valence-corrected chi connectivity index (χ2v) is 6.16. The Kier molecular flexibility index (Phi) is 8.44. The molecule has 0 aromatic heterocycles. The topological polar surface area (TPSA) is 20.3 Å². The van der Waals surface area contributed by atoms with E-state index in [0.717, 1.165) is 37.8 Å². The Balaban J connectivity index is 2.72. The minimum Gasteiger partial charge on any atom is -0.345 e. The van der Waals surface area contributed by atoms with Gasteiger partial charge in [0.1, 0.15) is 0 Å². The molecule has 118 valence electrons. The summed E-state index contributed by atoms with van der Waals surface area (Å²) < 4.78 is 0. The lowest BCUT2D eigenvalue weighted by atomic mass is 9.84. The van der Waals surface area contributed by atoms with Crippen LogP contribution in [0.25, 0.3) is 0 Å². The van der Waals surface area contributed by atoms with Crippen LogP contribution in [-0.4, -0.2) is 30.3 Å². The summed E-state index contributed by atoms with van der Waals surface area (Å²) in [4.78, 5) is 14.7. The average molecular weight is 310 g/mol. The number of benzene rings is 1. The van der Waals surface area contributed by atoms with E-state index in [4.69, 9.17) is 11.6 Å². The number of hydrogen-bond acceptors (Lipinski definition) is 1. The van der Waals surface area contributed by atoms with Crippen LogP contribution in [0.4, 0.5) is 0 Å². The normalized spacial score (nSPS) is 13.7. The third-order valence-electron chi connectivity index (χ3n) is 4.14. The van der Waals surface area contributed by atoms with E-state index in [9.17, 15) is 4.79 Å². The van der Waals surface area contributed by atoms with Crippen LogP contribution >= 0.6 is 11.6 Å². The molecule has 21 heavy (non-hydrogen) atoms. The zero-order chi connectivity index (χ0) is 15.7. The van der Waals surface area contributed by atoms with E-state index >= 15 is 0 Å². The fourth-order valence-corrected chi connectivity index (χ4v) is 2.77. The monoisotopic (exact) mass is 309 g/mol. The van der Waals surface area contributed by atoms with Crippen molar-refractivity contribution in [1.82, 2.24) is 4.90 Å². The third-order valence-corrected chi connectivity index (χ3v) is 4.41. The standard InChI is InChI=1S/C18H28ClNO/c1-4-15(2)17(16-11-7-5-8-12-16)18(21)20(3)14-10-6-9-13-19/h5,7-8,11-12,15,17H,4,6,9-10,13-14H2,1-3H3. The number of rotatable bonds is 9. The molecule has 3 heteroatoms. The molecule has 0 aliphatic carbocycles. The highest BCUT2D eigenvalue weighted by molar-refractivity contribution is 6.17. The van der Waals surface area contributed by atoms with Gasteiger partial charge in [-0.05, 0) is 24.3 Å². The van der Waals surface area contributed by atoms with Gasteiger partial charge in [-0.3, -0.25) is 4.79 Å². The number of nitrogens with zero attached hydrogens (tertiary/aromatic N) is 1. The van der Waals surface area contributed by atoms with Gasteiger partial charge in [0.05, 0.1) is 5.92 Å². The van der Waals surface area contributed by atoms with Gasteiger partial charge in [0, 0.05) is 19.5 Å². The molecule has 1 aromatic rings. The molecule has 0 bridgehead atoms. The fourth-order valence-electron chi connectivity index (χ4n) is 2.58. The Hall–Kier alpha value is -1.02. The maximum Gasteiger partial charge on any atom is 0.230 e. The molecule has 2 nitrogen and oxygen atoms in total. The highest BCUT2D eigenvalue weighted by atomic mass is 35.5. The van der Waals surface area contributed by atoms with Gasteiger partial charge in [0.15, 0.2) is 0 Å². The van der Waals surface area contributed by atoms with Gasteiger partial charge < -0.3 is 4.90 Å². The quantitative estimate of drug-likeness (QED) is 0.479. The predicted molar refractivity (Wildman–Crippen MR) is 90.8 cm³/mol. The Morgan fingerprint density at radius 2 is 1.86 bits per heavy atom. The van der Waals surface area contributed by atoms with Crippen LogP contribution in [0, 0.1) is 5.92 Å². The Morgan fingerprint density at radius 3 is 2.43 bits per heavy atom. The second kappa shape index (κ2) is 9.83. The fraction of sp³-hybridized carbons (Fsp3) is 0.611. The minimum absolute atomic E-state index is 0.0331. The van der Waals surface area contributed by atoms with Crippen molar-refractivity contribution < 1.29 is 4.79 Å². The number of alkyl halides is 1. The number of hydrogen-bond donors (Lipinski definition) is 0. The second-order valence-electron chi connectivity index (χ2n) is 5.78. The Morgan fingerprint density at radius 1 is 1.19 bits per heavy atom. The summed E-state index contributed by atoms with van der Waals surface area (Å²) in [6, 6.07) is 10.2. The molecule has 0 N–H and O–H groups in total. The summed E-state index contributed by atoms with van der Waals surface area (Å²) in [6.07, 6.45) is 4.14. The van der Waals surface area contributed by atoms with Crippen LogP contribution in [-0.2, 0) is 4.79 Å². The summed E-state index contributed by atoms with van der Waals surface area (Å²) >= 11 is 5.69. The number of carbonyl (C=O) groups is 1. The van der Waals surface area contributed by atoms with E-state index in [1.807, 2.05) is 30.1 Å². The summed E-state index contributed by atoms with van der Waals surface area (Å²) in [7, 11) is 1.92. The third kappa shape index (κ3) is 5.70. The first-order valence-electron chi connectivity index (χ1n) is 7.97. The summed E-state index contributed by atoms with van der Waals surface area (Å²) in [5, 5.41) is 0. The number of amides is 1. The van der Waals surface area contributed by atoms with E-state index in [0.29, 0.717) is 11.8 Å². The van der Waals surface area contributed by atoms with E-state index < -0.39 is 0 Å². The summed E-state index contributed by atoms with van der Waals surface area (Å²) in [6.45, 7) is 5.13. The first kappa shape index (κ1) is 18.0. The molecule has 0 radical (unpaired) electrons. The average Bonchev–Trinajstić information content (AvgIpc) is 2.52. The lowest BCUT2D eigenvalue weighted by Crippen LogP contribution is -2.35. The van der Waals surface area contributed by atoms with Crippen molar-refractivity contribution in [3.63, 3.8) is 0 Å². The maximum absolute atomic E-state index is 12.8. The van der Waals surface area contributed by atoms with Gasteiger partial charge in [0.2, 0.25) is 5.91 Å². The molecule has 0 aliphatic rings. The van der Waals surface area contributed by atoms with E-state index in [1.165, 1.54) is 0 Å². The van der Waals surface area contributed by atoms with E-state index in [1.54, 1.807) is 0 Å². The largest absolute Gasteiger partial charge is 0.345 e. The molecule has 0 saturated carbocycles. The zero-order valence-electron chi connectivity index (χ0n) is 13.5. The highest BCUT2D eigenvalue weighted by Gasteiger charge is 2.27. The number of carbonyl (C=O) groups excluding carboxylic acids is 1. The van der Waals surface area contributed by atoms with Crippen LogP contribution in [0.1, 0.15) is 51.0 Å². The first-order valence-corrected chi connectivity index (χ1v) is 8.51. The van der Waals surface area contributed by atoms with Gasteiger partial charge in [-0.15, -0.1) is 11.6 Å². The van der Waals surface area contributed by atoms with Crippen LogP contribution in [0.3, 0.4) is 0 Å². The molecule has 1 aromatic carbocycles. The van der Waals surface area contributed by atoms with Crippen molar-refractivity contribution >= 4 is 17.5 Å². The number of likely N-dealkylation sites (N-methyl/N-ethyl adjacent to an activating group) is 1. The van der Waals surface area contributed by atoms with Crippen LogP contribution in [0.15, 0.2) is 30.3 Å².